The van der Waals surface area contributed by atoms with Crippen LogP contribution in [0.3, 0.4) is 0 Å². The Labute approximate surface area is 133 Å². The molecule has 1 heterocycles. The molecular weight excluding hydrogens is 300 g/mol. The lowest BCUT2D eigenvalue weighted by atomic mass is 9.98. The number of carbonyl (C=O) groups is 2. The summed E-state index contributed by atoms with van der Waals surface area (Å²) in [5.41, 5.74) is 8.20. The molecule has 0 fully saturated rings. The zero-order chi connectivity index (χ0) is 15.7. The van der Waals surface area contributed by atoms with Gasteiger partial charge in [-0.1, -0.05) is 11.6 Å². The van der Waals surface area contributed by atoms with Crippen molar-refractivity contribution >= 4 is 29.1 Å². The number of carbonyl (C=O) groups excluding carboxylic acids is 2. The van der Waals surface area contributed by atoms with Gasteiger partial charge in [-0.2, -0.15) is 0 Å². The number of nitrogens with zero attached hydrogens (tertiary/aromatic N) is 1. The smallest absolute Gasteiger partial charge is 0.258 e. The number of fused-ring (bicyclic) bond motifs is 1. The molecule has 22 heavy (non-hydrogen) atoms. The molecule has 0 aliphatic carbocycles. The van der Waals surface area contributed by atoms with E-state index < -0.39 is 5.91 Å². The third-order valence-corrected chi connectivity index (χ3v) is 4.07. The number of anilines is 1. The normalized spacial score (nSPS) is 13.6. The maximum absolute atomic E-state index is 12.7. The first kappa shape index (κ1) is 14.6. The van der Waals surface area contributed by atoms with E-state index in [1.54, 1.807) is 47.4 Å². The SMILES string of the molecule is NC(=O)c1ccc2c(c1)CCCN2C(=O)c1ccc(Cl)cc1. The summed E-state index contributed by atoms with van der Waals surface area (Å²) < 4.78 is 0. The number of hydrogen-bond acceptors (Lipinski definition) is 2. The summed E-state index contributed by atoms with van der Waals surface area (Å²) in [4.78, 5) is 25.7. The monoisotopic (exact) mass is 314 g/mol. The van der Waals surface area contributed by atoms with E-state index in [2.05, 4.69) is 0 Å². The molecule has 0 radical (unpaired) electrons. The highest BCUT2D eigenvalue weighted by Crippen LogP contribution is 2.29. The van der Waals surface area contributed by atoms with Crippen LogP contribution in [0.2, 0.25) is 5.02 Å². The van der Waals surface area contributed by atoms with Gasteiger partial charge in [-0.05, 0) is 60.9 Å². The Balaban J connectivity index is 1.96. The van der Waals surface area contributed by atoms with Crippen molar-refractivity contribution < 1.29 is 9.59 Å². The topological polar surface area (TPSA) is 63.4 Å². The van der Waals surface area contributed by atoms with Crippen LogP contribution in [0.15, 0.2) is 42.5 Å². The minimum atomic E-state index is -0.455. The molecule has 0 bridgehead atoms. The highest BCUT2D eigenvalue weighted by molar-refractivity contribution is 6.30. The number of amides is 2. The molecule has 3 rings (SSSR count). The molecule has 1 aliphatic rings. The third-order valence-electron chi connectivity index (χ3n) is 3.82. The number of aryl methyl sites for hydroxylation is 1. The van der Waals surface area contributed by atoms with Gasteiger partial charge in [0.15, 0.2) is 0 Å². The Morgan fingerprint density at radius 2 is 1.73 bits per heavy atom. The lowest BCUT2D eigenvalue weighted by Crippen LogP contribution is -2.35. The predicted molar refractivity (Wildman–Crippen MR) is 86.4 cm³/mol. The van der Waals surface area contributed by atoms with Gasteiger partial charge in [0, 0.05) is 28.4 Å². The molecule has 1 aliphatic heterocycles. The first-order chi connectivity index (χ1) is 10.6. The minimum Gasteiger partial charge on any atom is -0.366 e. The lowest BCUT2D eigenvalue weighted by molar-refractivity contribution is 0.0983. The number of benzene rings is 2. The largest absolute Gasteiger partial charge is 0.366 e. The highest BCUT2D eigenvalue weighted by atomic mass is 35.5. The molecule has 0 aromatic heterocycles. The molecule has 2 amide bonds. The second kappa shape index (κ2) is 5.81. The molecule has 2 N–H and O–H groups in total. The van der Waals surface area contributed by atoms with Crippen molar-refractivity contribution in [1.82, 2.24) is 0 Å². The van der Waals surface area contributed by atoms with E-state index in [1.807, 2.05) is 0 Å². The minimum absolute atomic E-state index is 0.0653. The van der Waals surface area contributed by atoms with Crippen LogP contribution in [0, 0.1) is 0 Å². The van der Waals surface area contributed by atoms with Gasteiger partial charge >= 0.3 is 0 Å². The Morgan fingerprint density at radius 3 is 2.41 bits per heavy atom. The summed E-state index contributed by atoms with van der Waals surface area (Å²) in [7, 11) is 0. The quantitative estimate of drug-likeness (QED) is 0.926. The fraction of sp³-hybridized carbons (Fsp3) is 0.176. The van der Waals surface area contributed by atoms with Gasteiger partial charge in [0.05, 0.1) is 0 Å². The second-order valence-electron chi connectivity index (χ2n) is 5.27. The van der Waals surface area contributed by atoms with Gasteiger partial charge in [-0.25, -0.2) is 0 Å². The van der Waals surface area contributed by atoms with Crippen LogP contribution < -0.4 is 10.6 Å². The lowest BCUT2D eigenvalue weighted by Gasteiger charge is -2.30. The van der Waals surface area contributed by atoms with E-state index >= 15 is 0 Å². The Kier molecular flexibility index (Phi) is 3.86. The number of rotatable bonds is 2. The van der Waals surface area contributed by atoms with Crippen molar-refractivity contribution in [3.8, 4) is 0 Å². The maximum atomic E-state index is 12.7. The van der Waals surface area contributed by atoms with E-state index in [1.165, 1.54) is 0 Å². The van der Waals surface area contributed by atoms with Gasteiger partial charge in [0.1, 0.15) is 0 Å². The average molecular weight is 315 g/mol. The van der Waals surface area contributed by atoms with Crippen molar-refractivity contribution in [3.05, 3.63) is 64.2 Å². The van der Waals surface area contributed by atoms with Crippen molar-refractivity contribution in [2.75, 3.05) is 11.4 Å². The molecule has 4 nitrogen and oxygen atoms in total. The van der Waals surface area contributed by atoms with Crippen LogP contribution in [0.4, 0.5) is 5.69 Å². The Hall–Kier alpha value is -2.33. The van der Waals surface area contributed by atoms with Crippen molar-refractivity contribution in [3.63, 3.8) is 0 Å². The van der Waals surface area contributed by atoms with E-state index in [0.29, 0.717) is 22.7 Å². The van der Waals surface area contributed by atoms with E-state index in [4.69, 9.17) is 17.3 Å². The van der Waals surface area contributed by atoms with E-state index in [0.717, 1.165) is 24.1 Å². The van der Waals surface area contributed by atoms with Crippen molar-refractivity contribution in [2.45, 2.75) is 12.8 Å². The van der Waals surface area contributed by atoms with Gasteiger partial charge in [0.25, 0.3) is 5.91 Å². The number of nitrogens with two attached hydrogens (primary N) is 1. The van der Waals surface area contributed by atoms with Gasteiger partial charge in [0.2, 0.25) is 5.91 Å². The summed E-state index contributed by atoms with van der Waals surface area (Å²) in [5.74, 6) is -0.520. The summed E-state index contributed by atoms with van der Waals surface area (Å²) in [6, 6.07) is 12.1. The van der Waals surface area contributed by atoms with Gasteiger partial charge in [-0.3, -0.25) is 9.59 Å². The number of hydrogen-bond donors (Lipinski definition) is 1. The molecule has 0 spiro atoms. The molecule has 2 aromatic carbocycles. The van der Waals surface area contributed by atoms with Crippen molar-refractivity contribution in [1.29, 1.82) is 0 Å². The molecule has 0 saturated heterocycles. The predicted octanol–water partition coefficient (Wildman–Crippen LogP) is 3.03. The Morgan fingerprint density at radius 1 is 1.05 bits per heavy atom. The maximum Gasteiger partial charge on any atom is 0.258 e. The fourth-order valence-electron chi connectivity index (χ4n) is 2.71. The molecule has 0 saturated carbocycles. The number of primary amides is 1. The number of halogens is 1. The van der Waals surface area contributed by atoms with E-state index in [-0.39, 0.29) is 5.91 Å². The van der Waals surface area contributed by atoms with Crippen LogP contribution in [0.5, 0.6) is 0 Å². The van der Waals surface area contributed by atoms with Crippen LogP contribution in [-0.4, -0.2) is 18.4 Å². The third kappa shape index (κ3) is 2.70. The summed E-state index contributed by atoms with van der Waals surface area (Å²) in [6.45, 7) is 0.657. The Bertz CT molecular complexity index is 741. The van der Waals surface area contributed by atoms with Crippen LogP contribution in [0.1, 0.15) is 32.7 Å². The molecule has 2 aromatic rings. The fourth-order valence-corrected chi connectivity index (χ4v) is 2.84. The standard InChI is InChI=1S/C17H15ClN2O2/c18-14-6-3-11(4-7-14)17(22)20-9-1-2-12-10-13(16(19)21)5-8-15(12)20/h3-8,10H,1-2,9H2,(H2,19,21). The second-order valence-corrected chi connectivity index (χ2v) is 5.71. The zero-order valence-electron chi connectivity index (χ0n) is 11.9. The molecular formula is C17H15ClN2O2. The summed E-state index contributed by atoms with van der Waals surface area (Å²) in [5, 5.41) is 0.599. The summed E-state index contributed by atoms with van der Waals surface area (Å²) in [6.07, 6.45) is 1.69. The first-order valence-electron chi connectivity index (χ1n) is 7.06. The highest BCUT2D eigenvalue weighted by Gasteiger charge is 2.24. The van der Waals surface area contributed by atoms with Crippen LogP contribution in [0.25, 0.3) is 0 Å². The first-order valence-corrected chi connectivity index (χ1v) is 7.44. The van der Waals surface area contributed by atoms with E-state index in [9.17, 15) is 9.59 Å². The molecule has 0 unspecified atom stereocenters. The van der Waals surface area contributed by atoms with Crippen LogP contribution in [-0.2, 0) is 6.42 Å². The van der Waals surface area contributed by atoms with Gasteiger partial charge in [-0.15, -0.1) is 0 Å². The molecule has 5 heteroatoms. The molecule has 112 valence electrons. The summed E-state index contributed by atoms with van der Waals surface area (Å²) >= 11 is 5.86. The van der Waals surface area contributed by atoms with Gasteiger partial charge < -0.3 is 10.6 Å². The van der Waals surface area contributed by atoms with Crippen molar-refractivity contribution in [2.24, 2.45) is 5.73 Å². The average Bonchev–Trinajstić information content (AvgIpc) is 2.53. The molecule has 0 atom stereocenters. The zero-order valence-corrected chi connectivity index (χ0v) is 12.6. The van der Waals surface area contributed by atoms with Crippen LogP contribution >= 0.6 is 11.6 Å².